The second kappa shape index (κ2) is 5.25. The molecule has 0 radical (unpaired) electrons. The summed E-state index contributed by atoms with van der Waals surface area (Å²) in [5, 5.41) is 3.37. The maximum absolute atomic E-state index is 5.46. The molecule has 0 aliphatic heterocycles. The van der Waals surface area contributed by atoms with Gasteiger partial charge in [0.1, 0.15) is 0 Å². The molecule has 3 N–H and O–H groups in total. The Morgan fingerprint density at radius 1 is 1.38 bits per heavy atom. The lowest BCUT2D eigenvalue weighted by atomic mass is 10.2. The molecule has 3 heteroatoms. The number of hydrogen-bond donors (Lipinski definition) is 2. The van der Waals surface area contributed by atoms with E-state index in [-0.39, 0.29) is 0 Å². The van der Waals surface area contributed by atoms with Gasteiger partial charge in [0.05, 0.1) is 0 Å². The largest absolute Gasteiger partial charge is 0.383 e. The predicted octanol–water partition coefficient (Wildman–Crippen LogP) is 2.60. The van der Waals surface area contributed by atoms with Crippen LogP contribution in [0.1, 0.15) is 13.3 Å². The molecule has 0 fully saturated rings. The molecule has 1 atom stereocenters. The standard InChI is InChI=1S/C10H15BrN2/c1-8(6-7-12)13-10-4-2-9(11)3-5-10/h2-5,8,13H,6-7,12H2,1H3. The van der Waals surface area contributed by atoms with Crippen LogP contribution in [-0.2, 0) is 0 Å². The van der Waals surface area contributed by atoms with E-state index in [9.17, 15) is 0 Å². The van der Waals surface area contributed by atoms with Crippen molar-refractivity contribution in [3.63, 3.8) is 0 Å². The Bertz CT molecular complexity index is 246. The molecule has 1 rings (SSSR count). The highest BCUT2D eigenvalue weighted by atomic mass is 79.9. The zero-order chi connectivity index (χ0) is 9.68. The third-order valence-corrected chi connectivity index (χ3v) is 2.39. The first kappa shape index (κ1) is 10.5. The summed E-state index contributed by atoms with van der Waals surface area (Å²) in [6, 6.07) is 8.59. The molecule has 2 nitrogen and oxygen atoms in total. The van der Waals surface area contributed by atoms with Gasteiger partial charge in [-0.2, -0.15) is 0 Å². The number of hydrogen-bond acceptors (Lipinski definition) is 2. The van der Waals surface area contributed by atoms with Gasteiger partial charge in [0.2, 0.25) is 0 Å². The second-order valence-electron chi connectivity index (χ2n) is 3.13. The van der Waals surface area contributed by atoms with E-state index in [1.807, 2.05) is 12.1 Å². The van der Waals surface area contributed by atoms with Gasteiger partial charge in [0.25, 0.3) is 0 Å². The summed E-state index contributed by atoms with van der Waals surface area (Å²) in [7, 11) is 0. The van der Waals surface area contributed by atoms with Crippen molar-refractivity contribution >= 4 is 21.6 Å². The third-order valence-electron chi connectivity index (χ3n) is 1.86. The van der Waals surface area contributed by atoms with Gasteiger partial charge in [-0.1, -0.05) is 15.9 Å². The van der Waals surface area contributed by atoms with Crippen LogP contribution in [0.4, 0.5) is 5.69 Å². The van der Waals surface area contributed by atoms with Crippen LogP contribution in [0.3, 0.4) is 0 Å². The summed E-state index contributed by atoms with van der Waals surface area (Å²) in [5.41, 5.74) is 6.60. The molecule has 0 aliphatic rings. The fourth-order valence-electron chi connectivity index (χ4n) is 1.15. The van der Waals surface area contributed by atoms with Crippen molar-refractivity contribution in [1.82, 2.24) is 0 Å². The Morgan fingerprint density at radius 2 is 2.00 bits per heavy atom. The van der Waals surface area contributed by atoms with Crippen LogP contribution in [0.5, 0.6) is 0 Å². The van der Waals surface area contributed by atoms with E-state index in [0.29, 0.717) is 6.04 Å². The van der Waals surface area contributed by atoms with Gasteiger partial charge in [-0.25, -0.2) is 0 Å². The number of nitrogens with one attached hydrogen (secondary N) is 1. The van der Waals surface area contributed by atoms with Gasteiger partial charge in [-0.05, 0) is 44.2 Å². The summed E-state index contributed by atoms with van der Waals surface area (Å²) < 4.78 is 1.10. The number of halogens is 1. The first-order chi connectivity index (χ1) is 6.22. The highest BCUT2D eigenvalue weighted by Gasteiger charge is 1.99. The van der Waals surface area contributed by atoms with Gasteiger partial charge in [0, 0.05) is 16.2 Å². The van der Waals surface area contributed by atoms with Gasteiger partial charge in [-0.15, -0.1) is 0 Å². The summed E-state index contributed by atoms with van der Waals surface area (Å²) in [6.07, 6.45) is 0.996. The van der Waals surface area contributed by atoms with Crippen LogP contribution in [0.15, 0.2) is 28.7 Å². The summed E-state index contributed by atoms with van der Waals surface area (Å²) in [5.74, 6) is 0. The molecule has 0 bridgehead atoms. The number of rotatable bonds is 4. The fraction of sp³-hybridized carbons (Fsp3) is 0.400. The van der Waals surface area contributed by atoms with Gasteiger partial charge >= 0.3 is 0 Å². The molecule has 0 aliphatic carbocycles. The minimum atomic E-state index is 0.436. The van der Waals surface area contributed by atoms with E-state index in [4.69, 9.17) is 5.73 Å². The van der Waals surface area contributed by atoms with Crippen molar-refractivity contribution < 1.29 is 0 Å². The van der Waals surface area contributed by atoms with Crippen LogP contribution in [-0.4, -0.2) is 12.6 Å². The van der Waals surface area contributed by atoms with Crippen molar-refractivity contribution in [2.75, 3.05) is 11.9 Å². The van der Waals surface area contributed by atoms with E-state index in [1.54, 1.807) is 0 Å². The molecular weight excluding hydrogens is 228 g/mol. The molecule has 0 amide bonds. The van der Waals surface area contributed by atoms with Crippen LogP contribution < -0.4 is 11.1 Å². The van der Waals surface area contributed by atoms with Crippen LogP contribution in [0, 0.1) is 0 Å². The number of benzene rings is 1. The Balaban J connectivity index is 2.49. The third kappa shape index (κ3) is 3.79. The predicted molar refractivity (Wildman–Crippen MR) is 60.9 cm³/mol. The Morgan fingerprint density at radius 3 is 2.54 bits per heavy atom. The smallest absolute Gasteiger partial charge is 0.0342 e. The van der Waals surface area contributed by atoms with Crippen LogP contribution in [0.2, 0.25) is 0 Å². The monoisotopic (exact) mass is 242 g/mol. The summed E-state index contributed by atoms with van der Waals surface area (Å²) >= 11 is 3.39. The van der Waals surface area contributed by atoms with Crippen molar-refractivity contribution in [3.05, 3.63) is 28.7 Å². The number of anilines is 1. The van der Waals surface area contributed by atoms with Gasteiger partial charge in [-0.3, -0.25) is 0 Å². The molecular formula is C10H15BrN2. The Kier molecular flexibility index (Phi) is 4.25. The first-order valence-corrected chi connectivity index (χ1v) is 5.24. The van der Waals surface area contributed by atoms with E-state index >= 15 is 0 Å². The zero-order valence-electron chi connectivity index (χ0n) is 7.76. The fourth-order valence-corrected chi connectivity index (χ4v) is 1.42. The molecule has 0 aromatic heterocycles. The molecule has 0 saturated heterocycles. The summed E-state index contributed by atoms with van der Waals surface area (Å²) in [6.45, 7) is 2.86. The van der Waals surface area contributed by atoms with Crippen molar-refractivity contribution in [3.8, 4) is 0 Å². The molecule has 72 valence electrons. The first-order valence-electron chi connectivity index (χ1n) is 4.44. The second-order valence-corrected chi connectivity index (χ2v) is 4.05. The molecule has 13 heavy (non-hydrogen) atoms. The van der Waals surface area contributed by atoms with Gasteiger partial charge in [0.15, 0.2) is 0 Å². The van der Waals surface area contributed by atoms with Crippen molar-refractivity contribution in [1.29, 1.82) is 0 Å². The lowest BCUT2D eigenvalue weighted by molar-refractivity contribution is 0.717. The van der Waals surface area contributed by atoms with Crippen LogP contribution in [0.25, 0.3) is 0 Å². The van der Waals surface area contributed by atoms with Crippen LogP contribution >= 0.6 is 15.9 Å². The minimum Gasteiger partial charge on any atom is -0.383 e. The Labute approximate surface area is 87.6 Å². The minimum absolute atomic E-state index is 0.436. The maximum atomic E-state index is 5.46. The topological polar surface area (TPSA) is 38.0 Å². The van der Waals surface area contributed by atoms with E-state index in [2.05, 4.69) is 40.3 Å². The van der Waals surface area contributed by atoms with E-state index in [1.165, 1.54) is 0 Å². The van der Waals surface area contributed by atoms with Crippen molar-refractivity contribution in [2.45, 2.75) is 19.4 Å². The quantitative estimate of drug-likeness (QED) is 0.852. The average Bonchev–Trinajstić information content (AvgIpc) is 2.09. The van der Waals surface area contributed by atoms with Gasteiger partial charge < -0.3 is 11.1 Å². The summed E-state index contributed by atoms with van der Waals surface area (Å²) in [4.78, 5) is 0. The average molecular weight is 243 g/mol. The van der Waals surface area contributed by atoms with E-state index < -0.39 is 0 Å². The highest BCUT2D eigenvalue weighted by molar-refractivity contribution is 9.10. The lowest BCUT2D eigenvalue weighted by Crippen LogP contribution is -2.19. The molecule has 1 unspecified atom stereocenters. The highest BCUT2D eigenvalue weighted by Crippen LogP contribution is 2.15. The zero-order valence-corrected chi connectivity index (χ0v) is 9.34. The molecule has 1 aromatic rings. The molecule has 0 heterocycles. The molecule has 0 spiro atoms. The number of nitrogens with two attached hydrogens (primary N) is 1. The SMILES string of the molecule is CC(CCN)Nc1ccc(Br)cc1. The molecule has 1 aromatic carbocycles. The van der Waals surface area contributed by atoms with E-state index in [0.717, 1.165) is 23.1 Å². The normalized spacial score (nSPS) is 12.5. The van der Waals surface area contributed by atoms with Crippen molar-refractivity contribution in [2.24, 2.45) is 5.73 Å². The Hall–Kier alpha value is -0.540. The maximum Gasteiger partial charge on any atom is 0.0342 e. The lowest BCUT2D eigenvalue weighted by Gasteiger charge is -2.13. The molecule has 0 saturated carbocycles.